The van der Waals surface area contributed by atoms with E-state index in [4.69, 9.17) is 5.73 Å². The molecule has 59 valence electrons. The molecule has 0 saturated carbocycles. The number of hydrogen-bond acceptors (Lipinski definition) is 1. The van der Waals surface area contributed by atoms with Gasteiger partial charge in [0.1, 0.15) is 0 Å². The standard InChI is InChI=1S/C8H12NOSi/c1-11(2,10)8-6-4-3-5-7(8)9/h3-6H,9H2,1-2H3. The van der Waals surface area contributed by atoms with Gasteiger partial charge < -0.3 is 5.73 Å². The molecular formula is C8H12NOSi. The number of nitrogens with two attached hydrogens (primary N) is 1. The highest BCUT2D eigenvalue weighted by Crippen LogP contribution is 2.05. The summed E-state index contributed by atoms with van der Waals surface area (Å²) in [6, 6.07) is 7.31. The van der Waals surface area contributed by atoms with Crippen molar-refractivity contribution >= 4 is 19.2 Å². The van der Waals surface area contributed by atoms with Crippen LogP contribution in [0, 0.1) is 0 Å². The molecule has 1 aromatic carbocycles. The molecule has 0 bridgehead atoms. The van der Waals surface area contributed by atoms with Crippen molar-refractivity contribution in [2.24, 2.45) is 0 Å². The molecule has 0 aliphatic rings. The van der Waals surface area contributed by atoms with E-state index >= 15 is 0 Å². The van der Waals surface area contributed by atoms with E-state index in [-0.39, 0.29) is 0 Å². The molecule has 0 aliphatic heterocycles. The molecule has 0 unspecified atom stereocenters. The third kappa shape index (κ3) is 1.82. The second-order valence-electron chi connectivity index (χ2n) is 3.10. The van der Waals surface area contributed by atoms with Gasteiger partial charge in [-0.25, -0.2) is 0 Å². The van der Waals surface area contributed by atoms with Crippen molar-refractivity contribution < 1.29 is 4.80 Å². The Labute approximate surface area is 67.8 Å². The lowest BCUT2D eigenvalue weighted by molar-refractivity contribution is 0.443. The second kappa shape index (κ2) is 2.68. The zero-order chi connectivity index (χ0) is 8.48. The van der Waals surface area contributed by atoms with Gasteiger partial charge in [0.05, 0.1) is 0 Å². The summed E-state index contributed by atoms with van der Waals surface area (Å²) < 4.78 is 0. The largest absolute Gasteiger partial charge is 0.399 e. The average Bonchev–Trinajstić information content (AvgIpc) is 1.86. The Balaban J connectivity index is 3.14. The number of anilines is 1. The monoisotopic (exact) mass is 166 g/mol. The van der Waals surface area contributed by atoms with Crippen molar-refractivity contribution in [2.45, 2.75) is 13.1 Å². The predicted molar refractivity (Wildman–Crippen MR) is 48.7 cm³/mol. The number of nitrogen functional groups attached to an aromatic ring is 1. The Kier molecular flexibility index (Phi) is 2.02. The summed E-state index contributed by atoms with van der Waals surface area (Å²) in [5.74, 6) is 0. The molecule has 1 radical (unpaired) electrons. The first-order valence-electron chi connectivity index (χ1n) is 3.57. The van der Waals surface area contributed by atoms with Gasteiger partial charge in [-0.05, 0) is 24.3 Å². The summed E-state index contributed by atoms with van der Waals surface area (Å²) in [5, 5.41) is 0.806. The molecule has 0 saturated heterocycles. The second-order valence-corrected chi connectivity index (χ2v) is 6.66. The minimum atomic E-state index is -2.45. The van der Waals surface area contributed by atoms with Crippen molar-refractivity contribution in [3.63, 3.8) is 0 Å². The fourth-order valence-electron chi connectivity index (χ4n) is 1.05. The molecule has 1 aromatic rings. The van der Waals surface area contributed by atoms with Crippen molar-refractivity contribution in [1.29, 1.82) is 0 Å². The number of rotatable bonds is 1. The first-order valence-corrected chi connectivity index (χ1v) is 6.48. The maximum absolute atomic E-state index is 11.6. The van der Waals surface area contributed by atoms with Crippen LogP contribution in [0.25, 0.3) is 0 Å². The third-order valence-corrected chi connectivity index (χ3v) is 3.36. The summed E-state index contributed by atoms with van der Waals surface area (Å²) in [5.41, 5.74) is 6.28. The quantitative estimate of drug-likeness (QED) is 0.493. The first-order chi connectivity index (χ1) is 5.02. The zero-order valence-electron chi connectivity index (χ0n) is 6.79. The molecule has 0 atom stereocenters. The van der Waals surface area contributed by atoms with Crippen LogP contribution in [0.2, 0.25) is 13.1 Å². The summed E-state index contributed by atoms with van der Waals surface area (Å²) in [4.78, 5) is 11.6. The Morgan fingerprint density at radius 1 is 1.27 bits per heavy atom. The number of hydrogen-bond donors (Lipinski definition) is 1. The average molecular weight is 166 g/mol. The van der Waals surface area contributed by atoms with E-state index in [0.29, 0.717) is 5.69 Å². The molecular weight excluding hydrogens is 154 g/mol. The Morgan fingerprint density at radius 3 is 2.18 bits per heavy atom. The lowest BCUT2D eigenvalue weighted by atomic mass is 10.3. The molecule has 0 amide bonds. The summed E-state index contributed by atoms with van der Waals surface area (Å²) in [6.45, 7) is 3.50. The van der Waals surface area contributed by atoms with E-state index in [1.807, 2.05) is 18.2 Å². The van der Waals surface area contributed by atoms with Gasteiger partial charge in [0, 0.05) is 5.69 Å². The predicted octanol–water partition coefficient (Wildman–Crippen LogP) is 1.11. The highest BCUT2D eigenvalue weighted by molar-refractivity contribution is 6.84. The molecule has 11 heavy (non-hydrogen) atoms. The van der Waals surface area contributed by atoms with Crippen LogP contribution < -0.4 is 10.9 Å². The lowest BCUT2D eigenvalue weighted by Crippen LogP contribution is -2.41. The van der Waals surface area contributed by atoms with Crippen LogP contribution in [0.4, 0.5) is 5.69 Å². The van der Waals surface area contributed by atoms with Crippen LogP contribution in [-0.2, 0) is 4.80 Å². The van der Waals surface area contributed by atoms with Gasteiger partial charge in [0.2, 0.25) is 0 Å². The molecule has 0 aliphatic carbocycles. The van der Waals surface area contributed by atoms with E-state index in [1.54, 1.807) is 19.2 Å². The van der Waals surface area contributed by atoms with Gasteiger partial charge in [-0.3, -0.25) is 4.80 Å². The Bertz CT molecular complexity index is 255. The van der Waals surface area contributed by atoms with Gasteiger partial charge >= 0.3 is 0 Å². The SMILES string of the molecule is C[Si](C)([O])c1ccccc1N. The van der Waals surface area contributed by atoms with Crippen molar-refractivity contribution in [3.8, 4) is 0 Å². The fraction of sp³-hybridized carbons (Fsp3) is 0.250. The smallest absolute Gasteiger partial charge is 0.264 e. The fourth-order valence-corrected chi connectivity index (χ4v) is 2.32. The maximum Gasteiger partial charge on any atom is 0.264 e. The zero-order valence-corrected chi connectivity index (χ0v) is 7.79. The molecule has 0 heterocycles. The van der Waals surface area contributed by atoms with Crippen LogP contribution in [-0.4, -0.2) is 8.32 Å². The van der Waals surface area contributed by atoms with Crippen molar-refractivity contribution in [3.05, 3.63) is 24.3 Å². The highest BCUT2D eigenvalue weighted by Gasteiger charge is 2.24. The molecule has 2 nitrogen and oxygen atoms in total. The van der Waals surface area contributed by atoms with E-state index in [1.165, 1.54) is 0 Å². The van der Waals surface area contributed by atoms with Crippen LogP contribution in [0.5, 0.6) is 0 Å². The molecule has 3 heteroatoms. The van der Waals surface area contributed by atoms with Gasteiger partial charge in [-0.1, -0.05) is 18.2 Å². The molecule has 0 fully saturated rings. The lowest BCUT2D eigenvalue weighted by Gasteiger charge is -2.13. The molecule has 0 spiro atoms. The van der Waals surface area contributed by atoms with Gasteiger partial charge in [0.25, 0.3) is 8.32 Å². The van der Waals surface area contributed by atoms with E-state index in [2.05, 4.69) is 0 Å². The first kappa shape index (κ1) is 8.29. The third-order valence-electron chi connectivity index (χ3n) is 1.61. The minimum absolute atomic E-state index is 0.638. The number of benzene rings is 1. The van der Waals surface area contributed by atoms with E-state index < -0.39 is 8.32 Å². The van der Waals surface area contributed by atoms with Gasteiger partial charge in [-0.2, -0.15) is 0 Å². The van der Waals surface area contributed by atoms with E-state index in [0.717, 1.165) is 5.19 Å². The summed E-state index contributed by atoms with van der Waals surface area (Å²) >= 11 is 0. The Hall–Kier alpha value is -0.803. The normalized spacial score (nSPS) is 11.5. The van der Waals surface area contributed by atoms with Crippen LogP contribution >= 0.6 is 0 Å². The summed E-state index contributed by atoms with van der Waals surface area (Å²) in [6.07, 6.45) is 0. The topological polar surface area (TPSA) is 45.9 Å². The van der Waals surface area contributed by atoms with Gasteiger partial charge in [0.15, 0.2) is 0 Å². The van der Waals surface area contributed by atoms with Crippen LogP contribution in [0.3, 0.4) is 0 Å². The molecule has 1 rings (SSSR count). The van der Waals surface area contributed by atoms with Crippen molar-refractivity contribution in [1.82, 2.24) is 0 Å². The summed E-state index contributed by atoms with van der Waals surface area (Å²) in [7, 11) is -2.45. The van der Waals surface area contributed by atoms with Crippen LogP contribution in [0.1, 0.15) is 0 Å². The van der Waals surface area contributed by atoms with Gasteiger partial charge in [-0.15, -0.1) is 0 Å². The van der Waals surface area contributed by atoms with E-state index in [9.17, 15) is 4.80 Å². The highest BCUT2D eigenvalue weighted by atomic mass is 28.4. The Morgan fingerprint density at radius 2 is 1.82 bits per heavy atom. The molecule has 2 N–H and O–H groups in total. The minimum Gasteiger partial charge on any atom is -0.399 e. The van der Waals surface area contributed by atoms with Crippen LogP contribution in [0.15, 0.2) is 24.3 Å². The maximum atomic E-state index is 11.6. The number of para-hydroxylation sites is 1. The molecule has 0 aromatic heterocycles. The van der Waals surface area contributed by atoms with Crippen molar-refractivity contribution in [2.75, 3.05) is 5.73 Å².